The summed E-state index contributed by atoms with van der Waals surface area (Å²) >= 11 is 11.8. The molecular weight excluding hydrogens is 374 g/mol. The third-order valence-corrected chi connectivity index (χ3v) is 3.95. The van der Waals surface area contributed by atoms with E-state index in [0.29, 0.717) is 0 Å². The van der Waals surface area contributed by atoms with Crippen LogP contribution in [0.3, 0.4) is 0 Å². The smallest absolute Gasteiger partial charge is 0.358 e. The molecule has 1 amide bonds. The molecule has 1 aromatic carbocycles. The molecule has 2 rings (SSSR count). The number of halogens is 3. The van der Waals surface area contributed by atoms with Crippen molar-refractivity contribution < 1.29 is 23.8 Å². The molecule has 9 heteroatoms. The summed E-state index contributed by atoms with van der Waals surface area (Å²) in [6.45, 7) is 0.615. The number of nitrogens with one attached hydrogen (secondary N) is 1. The van der Waals surface area contributed by atoms with E-state index >= 15 is 0 Å². The van der Waals surface area contributed by atoms with Gasteiger partial charge in [-0.1, -0.05) is 29.3 Å². The van der Waals surface area contributed by atoms with Crippen LogP contribution in [0.5, 0.6) is 0 Å². The molecule has 25 heavy (non-hydrogen) atoms. The van der Waals surface area contributed by atoms with Gasteiger partial charge in [0.15, 0.2) is 5.69 Å². The molecule has 2 aromatic rings. The van der Waals surface area contributed by atoms with E-state index < -0.39 is 24.3 Å². The van der Waals surface area contributed by atoms with E-state index in [1.165, 1.54) is 25.1 Å². The third kappa shape index (κ3) is 3.89. The number of methoxy groups -OCH3 is 1. The van der Waals surface area contributed by atoms with Crippen molar-refractivity contribution in [1.82, 2.24) is 4.98 Å². The maximum absolute atomic E-state index is 14.2. The van der Waals surface area contributed by atoms with Crippen LogP contribution < -0.4 is 5.32 Å². The van der Waals surface area contributed by atoms with Crippen molar-refractivity contribution in [3.05, 3.63) is 45.3 Å². The fourth-order valence-electron chi connectivity index (χ4n) is 2.17. The lowest BCUT2D eigenvalue weighted by Crippen LogP contribution is -2.12. The van der Waals surface area contributed by atoms with Gasteiger partial charge in [0.2, 0.25) is 5.91 Å². The average Bonchev–Trinajstić information content (AvgIpc) is 2.57. The SMILES string of the molecule is COC(=O)c1nc(-c2ccc(Cl)c(F)c2CO)cc(NC(C)=O)c1Cl. The van der Waals surface area contributed by atoms with Crippen molar-refractivity contribution in [3.8, 4) is 11.3 Å². The second-order valence-corrected chi connectivity index (χ2v) is 5.72. The average molecular weight is 387 g/mol. The molecule has 0 atom stereocenters. The number of rotatable bonds is 4. The largest absolute Gasteiger partial charge is 0.464 e. The summed E-state index contributed by atoms with van der Waals surface area (Å²) in [5, 5.41) is 11.6. The maximum Gasteiger partial charge on any atom is 0.358 e. The van der Waals surface area contributed by atoms with E-state index in [4.69, 9.17) is 23.2 Å². The van der Waals surface area contributed by atoms with Crippen LogP contribution in [0.2, 0.25) is 10.0 Å². The summed E-state index contributed by atoms with van der Waals surface area (Å²) in [4.78, 5) is 27.3. The molecule has 1 heterocycles. The normalized spacial score (nSPS) is 10.5. The number of aliphatic hydroxyl groups excluding tert-OH is 1. The van der Waals surface area contributed by atoms with Crippen LogP contribution in [0.25, 0.3) is 11.3 Å². The number of aliphatic hydroxyl groups is 1. The van der Waals surface area contributed by atoms with Gasteiger partial charge in [0.25, 0.3) is 0 Å². The van der Waals surface area contributed by atoms with Crippen molar-refractivity contribution in [3.63, 3.8) is 0 Å². The van der Waals surface area contributed by atoms with Gasteiger partial charge >= 0.3 is 5.97 Å². The summed E-state index contributed by atoms with van der Waals surface area (Å²) in [7, 11) is 1.15. The summed E-state index contributed by atoms with van der Waals surface area (Å²) in [6, 6.07) is 4.08. The molecule has 0 unspecified atom stereocenters. The van der Waals surface area contributed by atoms with E-state index in [9.17, 15) is 19.1 Å². The molecule has 6 nitrogen and oxygen atoms in total. The fraction of sp³-hybridized carbons (Fsp3) is 0.188. The van der Waals surface area contributed by atoms with E-state index in [-0.39, 0.29) is 38.2 Å². The zero-order valence-electron chi connectivity index (χ0n) is 13.2. The number of carbonyl (C=O) groups excluding carboxylic acids is 2. The number of amides is 1. The number of benzene rings is 1. The lowest BCUT2D eigenvalue weighted by Gasteiger charge is -2.14. The van der Waals surface area contributed by atoms with E-state index in [1.807, 2.05) is 0 Å². The molecule has 1 aromatic heterocycles. The van der Waals surface area contributed by atoms with Crippen molar-refractivity contribution in [2.45, 2.75) is 13.5 Å². The summed E-state index contributed by atoms with van der Waals surface area (Å²) in [5.41, 5.74) is 0.0291. The number of ether oxygens (including phenoxy) is 1. The quantitative estimate of drug-likeness (QED) is 0.785. The minimum atomic E-state index is -0.835. The Morgan fingerprint density at radius 2 is 2.04 bits per heavy atom. The van der Waals surface area contributed by atoms with Crippen molar-refractivity contribution in [1.29, 1.82) is 0 Å². The molecule has 0 aliphatic heterocycles. The first-order valence-corrected chi connectivity index (χ1v) is 7.70. The van der Waals surface area contributed by atoms with Gasteiger partial charge in [-0.05, 0) is 12.1 Å². The van der Waals surface area contributed by atoms with Crippen LogP contribution >= 0.6 is 23.2 Å². The second kappa shape index (κ2) is 7.77. The summed E-state index contributed by atoms with van der Waals surface area (Å²) in [5.74, 6) is -2.07. The van der Waals surface area contributed by atoms with Crippen LogP contribution in [0, 0.1) is 5.82 Å². The highest BCUT2D eigenvalue weighted by Crippen LogP contribution is 2.34. The van der Waals surface area contributed by atoms with Gasteiger partial charge in [0.1, 0.15) is 5.82 Å². The lowest BCUT2D eigenvalue weighted by atomic mass is 10.0. The Balaban J connectivity index is 2.76. The highest BCUT2D eigenvalue weighted by Gasteiger charge is 2.22. The number of anilines is 1. The molecule has 0 saturated heterocycles. The zero-order chi connectivity index (χ0) is 18.7. The number of nitrogens with zero attached hydrogens (tertiary/aromatic N) is 1. The molecule has 0 aliphatic carbocycles. The van der Waals surface area contributed by atoms with Gasteiger partial charge < -0.3 is 15.2 Å². The Hall–Kier alpha value is -2.22. The minimum Gasteiger partial charge on any atom is -0.464 e. The third-order valence-electron chi connectivity index (χ3n) is 3.28. The molecule has 0 aliphatic rings. The number of pyridine rings is 1. The number of esters is 1. The Kier molecular flexibility index (Phi) is 5.94. The van der Waals surface area contributed by atoms with E-state index in [0.717, 1.165) is 7.11 Å². The first kappa shape index (κ1) is 19.1. The first-order valence-electron chi connectivity index (χ1n) is 6.94. The van der Waals surface area contributed by atoms with Gasteiger partial charge in [-0.15, -0.1) is 0 Å². The Bertz CT molecular complexity index is 859. The highest BCUT2D eigenvalue weighted by molar-refractivity contribution is 6.36. The Morgan fingerprint density at radius 3 is 2.60 bits per heavy atom. The predicted molar refractivity (Wildman–Crippen MR) is 91.2 cm³/mol. The van der Waals surface area contributed by atoms with Crippen LogP contribution in [0.4, 0.5) is 10.1 Å². The Labute approximate surface area is 152 Å². The zero-order valence-corrected chi connectivity index (χ0v) is 14.7. The van der Waals surface area contributed by atoms with Gasteiger partial charge in [0, 0.05) is 18.1 Å². The topological polar surface area (TPSA) is 88.5 Å². The van der Waals surface area contributed by atoms with Crippen molar-refractivity contribution in [2.24, 2.45) is 0 Å². The van der Waals surface area contributed by atoms with Crippen molar-refractivity contribution >= 4 is 40.8 Å². The van der Waals surface area contributed by atoms with Crippen LogP contribution in [0.1, 0.15) is 23.0 Å². The summed E-state index contributed by atoms with van der Waals surface area (Å²) < 4.78 is 18.8. The fourth-order valence-corrected chi connectivity index (χ4v) is 2.57. The standard InChI is InChI=1S/C16H13Cl2FN2O4/c1-7(23)20-12-5-11(21-15(13(12)18)16(24)25-2)8-3-4-10(17)14(19)9(8)6-22/h3-5,22H,6H2,1-2H3,(H,20,21,23). The number of hydrogen-bond donors (Lipinski definition) is 2. The molecule has 0 spiro atoms. The first-order chi connectivity index (χ1) is 11.8. The molecule has 132 valence electrons. The molecule has 0 bridgehead atoms. The predicted octanol–water partition coefficient (Wildman–Crippen LogP) is 3.43. The molecular formula is C16H13Cl2FN2O4. The minimum absolute atomic E-state index is 0.0961. The van der Waals surface area contributed by atoms with Gasteiger partial charge in [-0.2, -0.15) is 0 Å². The number of hydrogen-bond acceptors (Lipinski definition) is 5. The molecule has 0 saturated carbocycles. The monoisotopic (exact) mass is 386 g/mol. The summed E-state index contributed by atoms with van der Waals surface area (Å²) in [6.07, 6.45) is 0. The second-order valence-electron chi connectivity index (χ2n) is 4.94. The van der Waals surface area contributed by atoms with E-state index in [2.05, 4.69) is 15.0 Å². The van der Waals surface area contributed by atoms with Crippen molar-refractivity contribution in [2.75, 3.05) is 12.4 Å². The molecule has 0 fully saturated rings. The van der Waals surface area contributed by atoms with Gasteiger partial charge in [-0.25, -0.2) is 14.2 Å². The lowest BCUT2D eigenvalue weighted by molar-refractivity contribution is -0.114. The molecule has 2 N–H and O–H groups in total. The highest BCUT2D eigenvalue weighted by atomic mass is 35.5. The van der Waals surface area contributed by atoms with Crippen LogP contribution in [-0.2, 0) is 16.1 Å². The van der Waals surface area contributed by atoms with Crippen LogP contribution in [0.15, 0.2) is 18.2 Å². The number of carbonyl (C=O) groups is 2. The van der Waals surface area contributed by atoms with Gasteiger partial charge in [0.05, 0.1) is 35.1 Å². The maximum atomic E-state index is 14.2. The van der Waals surface area contributed by atoms with E-state index in [1.54, 1.807) is 0 Å². The Morgan fingerprint density at radius 1 is 1.36 bits per heavy atom. The van der Waals surface area contributed by atoms with Crippen LogP contribution in [-0.4, -0.2) is 29.1 Å². The molecule has 0 radical (unpaired) electrons. The number of aromatic nitrogens is 1. The van der Waals surface area contributed by atoms with Gasteiger partial charge in [-0.3, -0.25) is 4.79 Å².